The van der Waals surface area contributed by atoms with Crippen molar-refractivity contribution in [2.75, 3.05) is 18.4 Å². The molecule has 2 aliphatic rings. The molecular weight excluding hydrogens is 428 g/mol. The average molecular weight is 451 g/mol. The first kappa shape index (κ1) is 20.4. The Balaban J connectivity index is 1.34. The lowest BCUT2D eigenvalue weighted by atomic mass is 10.00. The number of halogens is 1. The summed E-state index contributed by atoms with van der Waals surface area (Å²) < 4.78 is 0. The summed E-state index contributed by atoms with van der Waals surface area (Å²) in [5, 5.41) is 4.35. The van der Waals surface area contributed by atoms with Crippen LogP contribution in [-0.4, -0.2) is 29.7 Å². The molecule has 1 N–H and O–H groups in total. The molecule has 4 nitrogen and oxygen atoms in total. The van der Waals surface area contributed by atoms with Gasteiger partial charge >= 0.3 is 0 Å². The lowest BCUT2D eigenvalue weighted by Gasteiger charge is -2.28. The Hall–Kier alpha value is -2.47. The lowest BCUT2D eigenvalue weighted by molar-refractivity contribution is -0.117. The van der Waals surface area contributed by atoms with Gasteiger partial charge in [0.1, 0.15) is 5.00 Å². The molecule has 0 saturated carbocycles. The fraction of sp³-hybridized carbons (Fsp3) is 0.280. The summed E-state index contributed by atoms with van der Waals surface area (Å²) in [5.74, 6) is -0.109. The molecule has 6 heteroatoms. The van der Waals surface area contributed by atoms with Crippen LogP contribution in [0.4, 0.5) is 5.00 Å². The van der Waals surface area contributed by atoms with Crippen LogP contribution in [0.5, 0.6) is 0 Å². The predicted molar refractivity (Wildman–Crippen MR) is 125 cm³/mol. The van der Waals surface area contributed by atoms with Gasteiger partial charge in [-0.25, -0.2) is 0 Å². The summed E-state index contributed by atoms with van der Waals surface area (Å²) in [5.41, 5.74) is 5.02. The van der Waals surface area contributed by atoms with Gasteiger partial charge in [0, 0.05) is 28.6 Å². The number of ketones is 1. The van der Waals surface area contributed by atoms with E-state index in [1.54, 1.807) is 35.6 Å². The van der Waals surface area contributed by atoms with Crippen molar-refractivity contribution in [2.24, 2.45) is 0 Å². The van der Waals surface area contributed by atoms with Crippen LogP contribution < -0.4 is 5.32 Å². The van der Waals surface area contributed by atoms with Crippen molar-refractivity contribution in [3.63, 3.8) is 0 Å². The van der Waals surface area contributed by atoms with Crippen LogP contribution in [0.2, 0.25) is 5.02 Å². The Morgan fingerprint density at radius 1 is 1.00 bits per heavy atom. The maximum Gasteiger partial charge on any atom is 0.239 e. The van der Waals surface area contributed by atoms with Crippen molar-refractivity contribution in [2.45, 2.75) is 32.2 Å². The standard InChI is InChI=1S/C25H23ClN2O2S/c26-19-10-8-17(9-11-19)24(30)23-20-6-3-7-21(20)31-25(23)27-22(29)15-28-13-12-16-4-1-2-5-18(16)14-28/h1-2,4-5,8-11H,3,6-7,12-15H2,(H,27,29). The van der Waals surface area contributed by atoms with Gasteiger partial charge in [-0.05, 0) is 66.6 Å². The molecule has 0 fully saturated rings. The second kappa shape index (κ2) is 8.58. The summed E-state index contributed by atoms with van der Waals surface area (Å²) in [6.07, 6.45) is 3.87. The van der Waals surface area contributed by atoms with Crippen molar-refractivity contribution < 1.29 is 9.59 Å². The molecule has 0 unspecified atom stereocenters. The number of benzene rings is 2. The Morgan fingerprint density at radius 2 is 1.77 bits per heavy atom. The minimum absolute atomic E-state index is 0.0433. The zero-order chi connectivity index (χ0) is 21.4. The van der Waals surface area contributed by atoms with E-state index >= 15 is 0 Å². The summed E-state index contributed by atoms with van der Waals surface area (Å²) in [6, 6.07) is 15.4. The molecule has 1 aliphatic heterocycles. The van der Waals surface area contributed by atoms with Gasteiger partial charge in [-0.3, -0.25) is 14.5 Å². The molecule has 2 heterocycles. The van der Waals surface area contributed by atoms with Gasteiger partial charge in [-0.1, -0.05) is 35.9 Å². The lowest BCUT2D eigenvalue weighted by Crippen LogP contribution is -2.37. The molecular formula is C25H23ClN2O2S. The second-order valence-corrected chi connectivity index (χ2v) is 9.72. The van der Waals surface area contributed by atoms with Crippen molar-refractivity contribution in [3.8, 4) is 0 Å². The maximum atomic E-state index is 13.3. The molecule has 0 bridgehead atoms. The van der Waals surface area contributed by atoms with E-state index in [-0.39, 0.29) is 11.7 Å². The molecule has 5 rings (SSSR count). The second-order valence-electron chi connectivity index (χ2n) is 8.18. The number of hydrogen-bond acceptors (Lipinski definition) is 4. The number of fused-ring (bicyclic) bond motifs is 2. The molecule has 3 aromatic rings. The van der Waals surface area contributed by atoms with E-state index in [0.717, 1.165) is 44.3 Å². The van der Waals surface area contributed by atoms with E-state index in [1.165, 1.54) is 16.0 Å². The highest BCUT2D eigenvalue weighted by Crippen LogP contribution is 2.40. The normalized spacial score (nSPS) is 15.4. The van der Waals surface area contributed by atoms with Crippen molar-refractivity contribution >= 4 is 39.6 Å². The Kier molecular flexibility index (Phi) is 5.65. The molecule has 1 amide bonds. The van der Waals surface area contributed by atoms with E-state index in [9.17, 15) is 9.59 Å². The number of nitrogens with one attached hydrogen (secondary N) is 1. The highest BCUT2D eigenvalue weighted by atomic mass is 35.5. The van der Waals surface area contributed by atoms with Gasteiger partial charge < -0.3 is 5.32 Å². The van der Waals surface area contributed by atoms with Crippen LogP contribution in [-0.2, 0) is 30.6 Å². The number of carbonyl (C=O) groups excluding carboxylic acids is 2. The molecule has 1 aromatic heterocycles. The highest BCUT2D eigenvalue weighted by molar-refractivity contribution is 7.17. The Labute approximate surface area is 190 Å². The molecule has 158 valence electrons. The van der Waals surface area contributed by atoms with Crippen LogP contribution in [0.3, 0.4) is 0 Å². The zero-order valence-corrected chi connectivity index (χ0v) is 18.7. The number of thiophene rings is 1. The van der Waals surface area contributed by atoms with Gasteiger partial charge in [0.25, 0.3) is 0 Å². The SMILES string of the molecule is O=C(CN1CCc2ccccc2C1)Nc1sc2c(c1C(=O)c1ccc(Cl)cc1)CCC2. The minimum atomic E-state index is -0.0653. The van der Waals surface area contributed by atoms with Gasteiger partial charge in [0.15, 0.2) is 5.78 Å². The first-order valence-electron chi connectivity index (χ1n) is 10.6. The fourth-order valence-corrected chi connectivity index (χ4v) is 5.97. The maximum absolute atomic E-state index is 13.3. The molecule has 1 aliphatic carbocycles. The Morgan fingerprint density at radius 3 is 2.58 bits per heavy atom. The molecule has 0 spiro atoms. The molecule has 0 atom stereocenters. The number of hydrogen-bond donors (Lipinski definition) is 1. The number of nitrogens with zero attached hydrogens (tertiary/aromatic N) is 1. The van der Waals surface area contributed by atoms with Gasteiger partial charge in [0.2, 0.25) is 5.91 Å². The summed E-state index contributed by atoms with van der Waals surface area (Å²) >= 11 is 7.54. The number of anilines is 1. The molecule has 0 saturated heterocycles. The third-order valence-corrected chi connectivity index (χ3v) is 7.54. The number of carbonyl (C=O) groups is 2. The van der Waals surface area contributed by atoms with Crippen LogP contribution in [0.15, 0.2) is 48.5 Å². The van der Waals surface area contributed by atoms with Crippen LogP contribution in [0.25, 0.3) is 0 Å². The summed E-state index contributed by atoms with van der Waals surface area (Å²) in [6.45, 7) is 1.97. The van der Waals surface area contributed by atoms with E-state index in [1.807, 2.05) is 6.07 Å². The highest BCUT2D eigenvalue weighted by Gasteiger charge is 2.28. The van der Waals surface area contributed by atoms with Crippen molar-refractivity contribution in [1.29, 1.82) is 0 Å². The quantitative estimate of drug-likeness (QED) is 0.549. The first-order chi connectivity index (χ1) is 15.1. The van der Waals surface area contributed by atoms with E-state index in [2.05, 4.69) is 28.4 Å². The van der Waals surface area contributed by atoms with Gasteiger partial charge in [-0.15, -0.1) is 11.3 Å². The monoisotopic (exact) mass is 450 g/mol. The number of aryl methyl sites for hydroxylation is 1. The smallest absolute Gasteiger partial charge is 0.239 e. The van der Waals surface area contributed by atoms with E-state index < -0.39 is 0 Å². The van der Waals surface area contributed by atoms with Gasteiger partial charge in [-0.2, -0.15) is 0 Å². The van der Waals surface area contributed by atoms with Crippen molar-refractivity contribution in [1.82, 2.24) is 4.90 Å². The number of amides is 1. The fourth-order valence-electron chi connectivity index (χ4n) is 4.54. The number of rotatable bonds is 5. The molecule has 0 radical (unpaired) electrons. The zero-order valence-electron chi connectivity index (χ0n) is 17.1. The van der Waals surface area contributed by atoms with E-state index in [0.29, 0.717) is 27.7 Å². The van der Waals surface area contributed by atoms with E-state index in [4.69, 9.17) is 11.6 Å². The van der Waals surface area contributed by atoms with Crippen LogP contribution >= 0.6 is 22.9 Å². The van der Waals surface area contributed by atoms with Crippen LogP contribution in [0.1, 0.15) is 43.9 Å². The van der Waals surface area contributed by atoms with Crippen molar-refractivity contribution in [3.05, 3.63) is 86.2 Å². The summed E-state index contributed by atoms with van der Waals surface area (Å²) in [4.78, 5) is 29.6. The molecule has 2 aromatic carbocycles. The third-order valence-electron chi connectivity index (χ3n) is 6.08. The Bertz CT molecular complexity index is 1150. The largest absolute Gasteiger partial charge is 0.316 e. The predicted octanol–water partition coefficient (Wildman–Crippen LogP) is 5.12. The third kappa shape index (κ3) is 4.18. The average Bonchev–Trinajstić information content (AvgIpc) is 3.34. The van der Waals surface area contributed by atoms with Crippen LogP contribution in [0, 0.1) is 0 Å². The van der Waals surface area contributed by atoms with Gasteiger partial charge in [0.05, 0.1) is 12.1 Å². The minimum Gasteiger partial charge on any atom is -0.316 e. The summed E-state index contributed by atoms with van der Waals surface area (Å²) in [7, 11) is 0. The first-order valence-corrected chi connectivity index (χ1v) is 11.8. The molecule has 31 heavy (non-hydrogen) atoms. The topological polar surface area (TPSA) is 49.4 Å².